The molecule has 0 radical (unpaired) electrons. The third kappa shape index (κ3) is 3.87. The molecule has 0 spiro atoms. The smallest absolute Gasteiger partial charge is 0.364 e. The number of carbonyl (C=O) groups excluding carboxylic acids is 1. The maximum Gasteiger partial charge on any atom is 0.364 e. The molecule has 0 aliphatic carbocycles. The minimum Gasteiger partial charge on any atom is -0.462 e. The highest BCUT2D eigenvalue weighted by atomic mass is 35.5. The second kappa shape index (κ2) is 7.30. The zero-order valence-corrected chi connectivity index (χ0v) is 13.1. The Morgan fingerprint density at radius 1 is 1.40 bits per heavy atom. The summed E-state index contributed by atoms with van der Waals surface area (Å²) in [7, 11) is 0. The highest BCUT2D eigenvalue weighted by molar-refractivity contribution is 6.35. The molecule has 3 nitrogen and oxygen atoms in total. The molecule has 1 N–H and O–H groups in total. The topological polar surface area (TPSA) is 30.7 Å². The summed E-state index contributed by atoms with van der Waals surface area (Å²) in [6, 6.07) is 5.46. The van der Waals surface area contributed by atoms with Gasteiger partial charge in [-0.25, -0.2) is 4.79 Å². The number of rotatable bonds is 4. The van der Waals surface area contributed by atoms with Gasteiger partial charge in [-0.05, 0) is 31.9 Å². The predicted molar refractivity (Wildman–Crippen MR) is 80.3 cm³/mol. The molecule has 110 valence electrons. The van der Waals surface area contributed by atoms with Crippen molar-refractivity contribution in [3.05, 3.63) is 33.8 Å². The van der Waals surface area contributed by atoms with E-state index in [9.17, 15) is 4.79 Å². The van der Waals surface area contributed by atoms with Crippen LogP contribution >= 0.6 is 23.2 Å². The van der Waals surface area contributed by atoms with Crippen LogP contribution in [-0.4, -0.2) is 25.2 Å². The van der Waals surface area contributed by atoms with Crippen LogP contribution in [0.1, 0.15) is 31.7 Å². The Balaban J connectivity index is 2.10. The van der Waals surface area contributed by atoms with Crippen molar-refractivity contribution < 1.29 is 14.4 Å². The lowest BCUT2D eigenvalue weighted by Crippen LogP contribution is -3.16. The van der Waals surface area contributed by atoms with Crippen molar-refractivity contribution in [2.75, 3.05) is 13.2 Å². The Morgan fingerprint density at radius 3 is 2.90 bits per heavy atom. The number of halogens is 2. The molecule has 1 unspecified atom stereocenters. The van der Waals surface area contributed by atoms with Gasteiger partial charge in [-0.15, -0.1) is 0 Å². The first-order chi connectivity index (χ1) is 9.61. The second-order valence-corrected chi connectivity index (χ2v) is 5.96. The van der Waals surface area contributed by atoms with Gasteiger partial charge in [-0.3, -0.25) is 0 Å². The number of hydrogen-bond acceptors (Lipinski definition) is 2. The highest BCUT2D eigenvalue weighted by Gasteiger charge is 2.33. The molecule has 1 aromatic carbocycles. The van der Waals surface area contributed by atoms with Crippen LogP contribution in [0.4, 0.5) is 0 Å². The molecular formula is C15H20Cl2NO2+. The van der Waals surface area contributed by atoms with Crippen LogP contribution in [0.2, 0.25) is 10.0 Å². The molecule has 0 bridgehead atoms. The quantitative estimate of drug-likeness (QED) is 0.865. The van der Waals surface area contributed by atoms with Gasteiger partial charge in [0.1, 0.15) is 6.54 Å². The molecule has 0 saturated carbocycles. The van der Waals surface area contributed by atoms with E-state index in [4.69, 9.17) is 27.9 Å². The Bertz CT molecular complexity index is 479. The van der Waals surface area contributed by atoms with E-state index in [2.05, 4.69) is 0 Å². The van der Waals surface area contributed by atoms with Crippen molar-refractivity contribution in [1.29, 1.82) is 0 Å². The number of ether oxygens (including phenoxy) is 1. The molecule has 1 saturated heterocycles. The number of benzene rings is 1. The number of quaternary nitrogens is 1. The first kappa shape index (κ1) is 15.6. The summed E-state index contributed by atoms with van der Waals surface area (Å²) in [5.74, 6) is -0.0905. The van der Waals surface area contributed by atoms with Crippen LogP contribution in [0.25, 0.3) is 0 Å². The van der Waals surface area contributed by atoms with Crippen LogP contribution in [0.15, 0.2) is 18.2 Å². The van der Waals surface area contributed by atoms with Gasteiger partial charge in [0.15, 0.2) is 6.04 Å². The Labute approximate surface area is 129 Å². The van der Waals surface area contributed by atoms with Gasteiger partial charge >= 0.3 is 5.97 Å². The van der Waals surface area contributed by atoms with Crippen molar-refractivity contribution in [3.8, 4) is 0 Å². The summed E-state index contributed by atoms with van der Waals surface area (Å²) in [4.78, 5) is 13.3. The molecule has 0 amide bonds. The fourth-order valence-corrected chi connectivity index (χ4v) is 3.20. The van der Waals surface area contributed by atoms with E-state index >= 15 is 0 Å². The van der Waals surface area contributed by atoms with Gasteiger partial charge in [-0.2, -0.15) is 0 Å². The van der Waals surface area contributed by atoms with Gasteiger partial charge < -0.3 is 9.64 Å². The SMILES string of the molecule is CCOC(=O)[C@H]1CCCC[NH+]1Cc1ccc(Cl)cc1Cl. The standard InChI is InChI=1S/C15H19Cl2NO2/c1-2-20-15(19)14-5-3-4-8-18(14)10-11-6-7-12(16)9-13(11)17/h6-7,9,14H,2-5,8,10H2,1H3/p+1/t14-/m1/s1. The van der Waals surface area contributed by atoms with Crippen molar-refractivity contribution in [1.82, 2.24) is 0 Å². The lowest BCUT2D eigenvalue weighted by molar-refractivity contribution is -0.935. The fraction of sp³-hybridized carbons (Fsp3) is 0.533. The third-order valence-electron chi connectivity index (χ3n) is 3.74. The molecule has 1 fully saturated rings. The molecule has 0 aromatic heterocycles. The Kier molecular flexibility index (Phi) is 5.70. The third-order valence-corrected chi connectivity index (χ3v) is 4.32. The number of carbonyl (C=O) groups is 1. The zero-order chi connectivity index (χ0) is 14.5. The summed E-state index contributed by atoms with van der Waals surface area (Å²) in [5, 5.41) is 1.30. The van der Waals surface area contributed by atoms with E-state index < -0.39 is 0 Å². The average Bonchev–Trinajstić information content (AvgIpc) is 2.43. The van der Waals surface area contributed by atoms with Crippen molar-refractivity contribution in [2.24, 2.45) is 0 Å². The van der Waals surface area contributed by atoms with Crippen LogP contribution in [-0.2, 0) is 16.1 Å². The lowest BCUT2D eigenvalue weighted by Gasteiger charge is -2.31. The van der Waals surface area contributed by atoms with E-state index in [1.54, 1.807) is 6.07 Å². The number of hydrogen-bond donors (Lipinski definition) is 1. The number of esters is 1. The molecule has 20 heavy (non-hydrogen) atoms. The van der Waals surface area contributed by atoms with E-state index in [1.165, 1.54) is 4.90 Å². The van der Waals surface area contributed by atoms with E-state index in [0.29, 0.717) is 16.7 Å². The summed E-state index contributed by atoms with van der Waals surface area (Å²) < 4.78 is 5.18. The number of nitrogens with one attached hydrogen (secondary N) is 1. The molecular weight excluding hydrogens is 297 g/mol. The molecule has 1 heterocycles. The predicted octanol–water partition coefficient (Wildman–Crippen LogP) is 2.49. The van der Waals surface area contributed by atoms with E-state index in [0.717, 1.165) is 37.9 Å². The van der Waals surface area contributed by atoms with Gasteiger partial charge in [-0.1, -0.05) is 29.3 Å². The minimum atomic E-state index is -0.0905. The van der Waals surface area contributed by atoms with Crippen LogP contribution in [0.3, 0.4) is 0 Å². The van der Waals surface area contributed by atoms with Crippen LogP contribution in [0.5, 0.6) is 0 Å². The molecule has 1 aliphatic rings. The summed E-state index contributed by atoms with van der Waals surface area (Å²) >= 11 is 12.1. The second-order valence-electron chi connectivity index (χ2n) is 5.12. The van der Waals surface area contributed by atoms with Crippen molar-refractivity contribution in [2.45, 2.75) is 38.8 Å². The minimum absolute atomic E-state index is 0.0737. The fourth-order valence-electron chi connectivity index (χ4n) is 2.73. The van der Waals surface area contributed by atoms with E-state index in [-0.39, 0.29) is 12.0 Å². The Hall–Kier alpha value is -0.770. The normalized spacial score (nSPS) is 22.6. The van der Waals surface area contributed by atoms with Gasteiger partial charge in [0, 0.05) is 17.0 Å². The largest absolute Gasteiger partial charge is 0.462 e. The summed E-state index contributed by atoms with van der Waals surface area (Å²) in [5.41, 5.74) is 1.03. The van der Waals surface area contributed by atoms with Gasteiger partial charge in [0.2, 0.25) is 0 Å². The first-order valence-electron chi connectivity index (χ1n) is 7.07. The van der Waals surface area contributed by atoms with E-state index in [1.807, 2.05) is 19.1 Å². The highest BCUT2D eigenvalue weighted by Crippen LogP contribution is 2.20. The van der Waals surface area contributed by atoms with Crippen molar-refractivity contribution >= 4 is 29.2 Å². The maximum atomic E-state index is 12.0. The monoisotopic (exact) mass is 316 g/mol. The van der Waals surface area contributed by atoms with Gasteiger partial charge in [0.25, 0.3) is 0 Å². The lowest BCUT2D eigenvalue weighted by atomic mass is 10.0. The van der Waals surface area contributed by atoms with Crippen LogP contribution in [0, 0.1) is 0 Å². The molecule has 2 rings (SSSR count). The molecule has 5 heteroatoms. The van der Waals surface area contributed by atoms with Gasteiger partial charge in [0.05, 0.1) is 18.2 Å². The number of likely N-dealkylation sites (tertiary alicyclic amines) is 1. The van der Waals surface area contributed by atoms with Crippen molar-refractivity contribution in [3.63, 3.8) is 0 Å². The Morgan fingerprint density at radius 2 is 2.20 bits per heavy atom. The molecule has 1 aliphatic heterocycles. The number of piperidine rings is 1. The molecule has 1 aromatic rings. The molecule has 2 atom stereocenters. The zero-order valence-electron chi connectivity index (χ0n) is 11.6. The first-order valence-corrected chi connectivity index (χ1v) is 7.82. The maximum absolute atomic E-state index is 12.0. The summed E-state index contributed by atoms with van der Waals surface area (Å²) in [6.07, 6.45) is 3.11. The van der Waals surface area contributed by atoms with Crippen LogP contribution < -0.4 is 4.90 Å². The average molecular weight is 317 g/mol. The summed E-state index contributed by atoms with van der Waals surface area (Å²) in [6.45, 7) is 3.99.